The molecule has 0 saturated carbocycles. The predicted molar refractivity (Wildman–Crippen MR) is 463 cm³/mol. The summed E-state index contributed by atoms with van der Waals surface area (Å²) in [5.41, 5.74) is 30.1. The molecule has 0 saturated heterocycles. The second-order valence-corrected chi connectivity index (χ2v) is 31.5. The van der Waals surface area contributed by atoms with Crippen LogP contribution in [0.4, 0.5) is 0 Å². The Balaban J connectivity index is 0.681. The Bertz CT molecular complexity index is 6750. The van der Waals surface area contributed by atoms with Gasteiger partial charge < -0.3 is 20.4 Å². The Morgan fingerprint density at radius 2 is 0.307 bits per heavy atom. The van der Waals surface area contributed by atoms with E-state index < -0.39 is 21.7 Å². The van der Waals surface area contributed by atoms with Gasteiger partial charge in [-0.1, -0.05) is 315 Å². The summed E-state index contributed by atoms with van der Waals surface area (Å²) in [6, 6.07) is 146. The van der Waals surface area contributed by atoms with Gasteiger partial charge in [-0.2, -0.15) is 0 Å². The first-order chi connectivity index (χ1) is 56.1. The monoisotopic (exact) mass is 1450 g/mol. The molecule has 19 aromatic carbocycles. The number of hydrogen-bond acceptors (Lipinski definition) is 4. The zero-order valence-corrected chi connectivity index (χ0v) is 61.9. The smallest absolute Gasteiger partial charge is 0.116 e. The zero-order valence-electron chi connectivity index (χ0n) is 61.9. The van der Waals surface area contributed by atoms with Crippen LogP contribution in [0.2, 0.25) is 0 Å². The fraction of sp³-hybridized carbons (Fsp3) is 0.0364. The summed E-state index contributed by atoms with van der Waals surface area (Å²) in [5, 5.41) is 51.1. The first-order valence-corrected chi connectivity index (χ1v) is 39.2. The van der Waals surface area contributed by atoms with Crippen LogP contribution in [0.25, 0.3) is 110 Å². The molecule has 2 unspecified atom stereocenters. The molecule has 4 aliphatic carbocycles. The lowest BCUT2D eigenvalue weighted by Gasteiger charge is -2.36. The minimum atomic E-state index is -0.823. The summed E-state index contributed by atoms with van der Waals surface area (Å²) in [7, 11) is 0. The van der Waals surface area contributed by atoms with Gasteiger partial charge in [-0.15, -0.1) is 0 Å². The summed E-state index contributed by atoms with van der Waals surface area (Å²) in [6.45, 7) is 0. The second-order valence-electron chi connectivity index (χ2n) is 31.5. The Morgan fingerprint density at radius 1 is 0.132 bits per heavy atom. The number of aromatic hydroxyl groups is 4. The zero-order chi connectivity index (χ0) is 75.8. The number of benzene rings is 19. The maximum atomic E-state index is 10.9. The lowest BCUT2D eigenvalue weighted by Crippen LogP contribution is -2.30. The van der Waals surface area contributed by atoms with Gasteiger partial charge in [0.05, 0.1) is 21.7 Å². The molecule has 2 atom stereocenters. The number of phenolic OH excluding ortho intramolecular Hbond substituents is 4. The van der Waals surface area contributed by atoms with Gasteiger partial charge >= 0.3 is 0 Å². The van der Waals surface area contributed by atoms with Crippen LogP contribution in [0.15, 0.2) is 400 Å². The molecule has 4 heteroatoms. The average Bonchev–Trinajstić information content (AvgIpc) is 1.50. The van der Waals surface area contributed by atoms with Crippen molar-refractivity contribution in [3.63, 3.8) is 0 Å². The molecule has 114 heavy (non-hydrogen) atoms. The van der Waals surface area contributed by atoms with Crippen molar-refractivity contribution in [3.05, 3.63) is 489 Å². The van der Waals surface area contributed by atoms with Crippen LogP contribution in [0.1, 0.15) is 89.0 Å². The second kappa shape index (κ2) is 24.5. The molecule has 0 heterocycles. The number of hydrogen-bond donors (Lipinski definition) is 4. The van der Waals surface area contributed by atoms with Crippen molar-refractivity contribution < 1.29 is 20.4 Å². The molecule has 534 valence electrons. The van der Waals surface area contributed by atoms with Crippen molar-refractivity contribution in [1.82, 2.24) is 0 Å². The number of fused-ring (bicyclic) bond motifs is 16. The van der Waals surface area contributed by atoms with Crippen molar-refractivity contribution in [2.45, 2.75) is 21.7 Å². The quantitative estimate of drug-likeness (QED) is 0.110. The summed E-state index contributed by atoms with van der Waals surface area (Å²) in [6.07, 6.45) is 0. The van der Waals surface area contributed by atoms with E-state index in [1.807, 2.05) is 48.5 Å². The standard InChI is InChI=1S/C110H70O4/c111-87-53-37-71-57-83(49-33-75(71)61-87)107(99-19-7-1-13-91(99)92-14-2-8-20-100(92)107)79-41-25-67(26-42-79)69-29-45-81(46-30-69)109(85-51-35-77-63-89(113)55-39-73(77)59-85)103-23-11-5-17-95(103)97-66-106-98(65-105(97)109)96-18-6-12-24-104(96)110(106,86-52-36-78-64-90(114)56-40-74(78)60-86)82-47-31-70(32-48-82)68-27-43-80(44-28-68)108(84-50-34-76-62-88(112)54-38-72(76)58-84)101-21-9-3-15-93(101)94-16-4-10-22-102(94)108/h1-66,111-114H. The SMILES string of the molecule is Oc1ccc2cc(C3(c4ccc(-c5ccc(C6(c7ccc8cc(O)ccc8c7)c7ccccc7-c7cc8c(cc76)-c6ccccc6C8(c6ccc(-c7ccc(C8(c9ccc%10cc(O)ccc%10c9)c9ccccc9-c9ccccc98)cc7)cc6)c6ccc7cc(O)ccc7c6)cc5)cc4)c4ccccc4-c4ccccc43)ccc2c1. The highest BCUT2D eigenvalue weighted by molar-refractivity contribution is 5.99. The molecule has 4 aliphatic rings. The fourth-order valence-corrected chi connectivity index (χ4v) is 21.2. The average molecular weight is 1460 g/mol. The van der Waals surface area contributed by atoms with Gasteiger partial charge in [0, 0.05) is 0 Å². The first-order valence-electron chi connectivity index (χ1n) is 39.2. The van der Waals surface area contributed by atoms with E-state index in [-0.39, 0.29) is 23.0 Å². The van der Waals surface area contributed by atoms with Crippen LogP contribution in [-0.2, 0) is 21.7 Å². The van der Waals surface area contributed by atoms with Gasteiger partial charge in [0.2, 0.25) is 0 Å². The third-order valence-electron chi connectivity index (χ3n) is 26.1. The molecule has 0 bridgehead atoms. The van der Waals surface area contributed by atoms with Gasteiger partial charge in [0.1, 0.15) is 23.0 Å². The molecule has 0 fully saturated rings. The highest BCUT2D eigenvalue weighted by atomic mass is 16.3. The van der Waals surface area contributed by atoms with E-state index in [0.717, 1.165) is 98.7 Å². The molecule has 4 nitrogen and oxygen atoms in total. The van der Waals surface area contributed by atoms with Crippen LogP contribution in [0.5, 0.6) is 23.0 Å². The molecule has 0 amide bonds. The van der Waals surface area contributed by atoms with E-state index in [2.05, 4.69) is 328 Å². The third-order valence-corrected chi connectivity index (χ3v) is 26.1. The number of rotatable bonds is 10. The van der Waals surface area contributed by atoms with Crippen LogP contribution >= 0.6 is 0 Å². The topological polar surface area (TPSA) is 80.9 Å². The van der Waals surface area contributed by atoms with E-state index >= 15 is 0 Å². The van der Waals surface area contributed by atoms with Gasteiger partial charge in [-0.3, -0.25) is 0 Å². The lowest BCUT2D eigenvalue weighted by molar-refractivity contribution is 0.475. The van der Waals surface area contributed by atoms with Crippen LogP contribution in [0, 0.1) is 0 Å². The molecule has 19 aromatic rings. The maximum absolute atomic E-state index is 10.9. The molecular weight excluding hydrogens is 1390 g/mol. The van der Waals surface area contributed by atoms with Crippen LogP contribution in [0.3, 0.4) is 0 Å². The largest absolute Gasteiger partial charge is 0.508 e. The maximum Gasteiger partial charge on any atom is 0.116 e. The molecule has 4 N–H and O–H groups in total. The fourth-order valence-electron chi connectivity index (χ4n) is 21.2. The van der Waals surface area contributed by atoms with Crippen LogP contribution < -0.4 is 0 Å². The summed E-state index contributed by atoms with van der Waals surface area (Å²) in [5.74, 6) is 0.963. The normalized spacial score (nSPS) is 16.1. The van der Waals surface area contributed by atoms with Crippen molar-refractivity contribution in [2.75, 3.05) is 0 Å². The molecule has 0 radical (unpaired) electrons. The van der Waals surface area contributed by atoms with E-state index in [1.54, 1.807) is 24.3 Å². The van der Waals surface area contributed by atoms with E-state index in [9.17, 15) is 20.4 Å². The van der Waals surface area contributed by atoms with Gasteiger partial charge in [0.25, 0.3) is 0 Å². The minimum absolute atomic E-state index is 0.230. The molecule has 23 rings (SSSR count). The van der Waals surface area contributed by atoms with Crippen molar-refractivity contribution in [2.24, 2.45) is 0 Å². The van der Waals surface area contributed by atoms with E-state index in [1.165, 1.54) is 100 Å². The predicted octanol–water partition coefficient (Wildman–Crippen LogP) is 25.9. The summed E-state index contributed by atoms with van der Waals surface area (Å²) < 4.78 is 0. The summed E-state index contributed by atoms with van der Waals surface area (Å²) in [4.78, 5) is 0. The Kier molecular flexibility index (Phi) is 14.0. The van der Waals surface area contributed by atoms with Crippen molar-refractivity contribution in [3.8, 4) is 89.8 Å². The molecular formula is C110H70O4. The highest BCUT2D eigenvalue weighted by Gasteiger charge is 2.53. The third kappa shape index (κ3) is 9.10. The van der Waals surface area contributed by atoms with E-state index in [4.69, 9.17) is 0 Å². The lowest BCUT2D eigenvalue weighted by atomic mass is 9.65. The van der Waals surface area contributed by atoms with Gasteiger partial charge in [0.15, 0.2) is 0 Å². The van der Waals surface area contributed by atoms with Crippen molar-refractivity contribution >= 4 is 43.1 Å². The highest BCUT2D eigenvalue weighted by Crippen LogP contribution is 2.65. The Labute approximate surface area is 660 Å². The van der Waals surface area contributed by atoms with E-state index in [0.29, 0.717) is 0 Å². The Morgan fingerprint density at radius 3 is 0.535 bits per heavy atom. The van der Waals surface area contributed by atoms with Crippen molar-refractivity contribution in [1.29, 1.82) is 0 Å². The molecule has 0 spiro atoms. The Hall–Kier alpha value is -14.6. The summed E-state index contributed by atoms with van der Waals surface area (Å²) >= 11 is 0. The minimum Gasteiger partial charge on any atom is -0.508 e. The molecule has 0 aliphatic heterocycles. The molecule has 0 aromatic heterocycles. The first kappa shape index (κ1) is 65.3. The van der Waals surface area contributed by atoms with Gasteiger partial charge in [-0.05, 0) is 284 Å². The van der Waals surface area contributed by atoms with Crippen LogP contribution in [-0.4, -0.2) is 20.4 Å². The number of phenols is 4. The van der Waals surface area contributed by atoms with Gasteiger partial charge in [-0.25, -0.2) is 0 Å².